The lowest BCUT2D eigenvalue weighted by Crippen LogP contribution is -2.35. The molecular weight excluding hydrogens is 514 g/mol. The molecule has 0 radical (unpaired) electrons. The summed E-state index contributed by atoms with van der Waals surface area (Å²) >= 11 is 0. The minimum atomic E-state index is -4.44. The summed E-state index contributed by atoms with van der Waals surface area (Å²) in [5.41, 5.74) is 0. The van der Waals surface area contributed by atoms with Gasteiger partial charge >= 0.3 is 45.4 Å². The lowest BCUT2D eigenvalue weighted by molar-refractivity contribution is -0.378. The third-order valence-electron chi connectivity index (χ3n) is 1.83. The normalized spacial score (nSPS) is 9.61. The largest absolute Gasteiger partial charge is 0.869 e. The van der Waals surface area contributed by atoms with Gasteiger partial charge in [-0.25, -0.2) is 0 Å². The fraction of sp³-hybridized carbons (Fsp3) is 0.500. The molecule has 0 aromatic heterocycles. The summed E-state index contributed by atoms with van der Waals surface area (Å²) in [6, 6.07) is 0. The van der Waals surface area contributed by atoms with E-state index >= 15 is 0 Å². The number of rotatable bonds is 10. The van der Waals surface area contributed by atoms with Crippen LogP contribution in [0.15, 0.2) is 0 Å². The Hall–Kier alpha value is -2.96. The molecule has 0 fully saturated rings. The zero-order valence-corrected chi connectivity index (χ0v) is 17.9. The first kappa shape index (κ1) is 40.4. The van der Waals surface area contributed by atoms with Crippen LogP contribution in [0.5, 0.6) is 0 Å². The Morgan fingerprint density at radius 1 is 0.909 bits per heavy atom. The van der Waals surface area contributed by atoms with Crippen molar-refractivity contribution in [2.24, 2.45) is 0 Å². The van der Waals surface area contributed by atoms with E-state index in [0.29, 0.717) is 4.90 Å². The van der Waals surface area contributed by atoms with Crippen molar-refractivity contribution in [1.82, 2.24) is 10.2 Å². The van der Waals surface area contributed by atoms with E-state index in [1.807, 2.05) is 0 Å². The van der Waals surface area contributed by atoms with Gasteiger partial charge in [-0.3, -0.25) is 33.7 Å². The van der Waals surface area contributed by atoms with Crippen molar-refractivity contribution in [3.63, 3.8) is 0 Å². The number of hydrogen-bond donors (Lipinski definition) is 8. The van der Waals surface area contributed by atoms with Crippen LogP contribution in [0.4, 0.5) is 4.79 Å². The van der Waals surface area contributed by atoms with E-state index in [1.165, 1.54) is 0 Å². The van der Waals surface area contributed by atoms with Crippen LogP contribution >= 0.6 is 15.2 Å². The molecule has 0 saturated heterocycles. The minimum absolute atomic E-state index is 0. The van der Waals surface area contributed by atoms with E-state index in [9.17, 15) is 28.3 Å². The number of aliphatic carboxylic acids is 3. The standard InChI is InChI=1S/C5H10NO7P.C3H8NO5P.C2O4.O2.H2O/c7-4(8)1-6(2-5(9)10)3-14(11,12)13;5-3(6)1-4-2-10(7,8)9;3-1-6-2(4)5;1-2;/h1-3H2,(H,7,8)(H,9,10)(H2,11,12,13);4H,1-2H2,(H,5,6)(H2,7,8,9);;;1H2/p+3. The van der Waals surface area contributed by atoms with Gasteiger partial charge in [0, 0.05) is 4.96 Å². The average Bonchev–Trinajstić information content (AvgIpc) is 2.53. The van der Waals surface area contributed by atoms with E-state index in [-0.39, 0.29) is 5.48 Å². The highest BCUT2D eigenvalue weighted by atomic mass is 31.2. The zero-order chi connectivity index (χ0) is 26.5. The van der Waals surface area contributed by atoms with Crippen LogP contribution < -0.4 is 5.32 Å². The fourth-order valence-electron chi connectivity index (χ4n) is 1.15. The molecule has 0 amide bonds. The van der Waals surface area contributed by atoms with Crippen LogP contribution in [0.2, 0.25) is 0 Å². The first-order chi connectivity index (χ1) is 14.4. The molecule has 0 spiro atoms. The molecule has 23 heteroatoms. The highest BCUT2D eigenvalue weighted by Crippen LogP contribution is 2.34. The number of nitrogens with zero attached hydrogens (tertiary/aromatic N) is 1. The lowest BCUT2D eigenvalue weighted by atomic mass is 10.5. The molecule has 21 nitrogen and oxygen atoms in total. The van der Waals surface area contributed by atoms with Crippen molar-refractivity contribution in [2.45, 2.75) is 0 Å². The monoisotopic (exact) mass is 537 g/mol. The van der Waals surface area contributed by atoms with Crippen LogP contribution in [0.25, 0.3) is 0 Å². The number of hydrogen-bond acceptors (Lipinski definition) is 10. The summed E-state index contributed by atoms with van der Waals surface area (Å²) in [7, 11) is -8.53. The second kappa shape index (κ2) is 22.2. The third-order valence-corrected chi connectivity index (χ3v) is 3.23. The lowest BCUT2D eigenvalue weighted by Gasteiger charge is -2.17. The number of carboxylic acid groups (broad SMARTS) is 3. The van der Waals surface area contributed by atoms with Crippen molar-refractivity contribution >= 4 is 45.4 Å². The molecule has 33 heavy (non-hydrogen) atoms. The van der Waals surface area contributed by atoms with E-state index in [0.717, 1.165) is 6.15 Å². The van der Waals surface area contributed by atoms with Crippen molar-refractivity contribution in [3.05, 3.63) is 4.96 Å². The Balaban J connectivity index is -0.000000121. The molecule has 0 saturated carbocycles. The van der Waals surface area contributed by atoms with Gasteiger partial charge < -0.3 is 45.5 Å². The summed E-state index contributed by atoms with van der Waals surface area (Å²) in [6.45, 7) is -1.89. The molecule has 0 bridgehead atoms. The summed E-state index contributed by atoms with van der Waals surface area (Å²) in [5.74, 6) is -3.84. The summed E-state index contributed by atoms with van der Waals surface area (Å²) in [6.07, 6.45) is -2.09. The van der Waals surface area contributed by atoms with Crippen LogP contribution in [0, 0.1) is 4.96 Å². The second-order valence-corrected chi connectivity index (χ2v) is 7.95. The first-order valence-corrected chi connectivity index (χ1v) is 10.6. The van der Waals surface area contributed by atoms with Gasteiger partial charge in [0.05, 0.1) is 25.9 Å². The molecule has 0 rings (SSSR count). The first-order valence-electron chi connectivity index (χ1n) is 7.05. The maximum absolute atomic E-state index is 10.5. The Labute approximate surface area is 181 Å². The molecule has 0 atom stereocenters. The maximum atomic E-state index is 10.5. The van der Waals surface area contributed by atoms with Crippen molar-refractivity contribution in [1.29, 1.82) is 0 Å². The van der Waals surface area contributed by atoms with Gasteiger partial charge in [-0.05, 0) is 0 Å². The highest BCUT2D eigenvalue weighted by molar-refractivity contribution is 7.51. The van der Waals surface area contributed by atoms with Crippen LogP contribution in [-0.4, -0.2) is 118 Å². The van der Waals surface area contributed by atoms with Gasteiger partial charge in [0.1, 0.15) is 15.9 Å². The summed E-state index contributed by atoms with van der Waals surface area (Å²) < 4.78 is 23.8. The number of carboxylic acids is 3. The predicted octanol–water partition coefficient (Wildman–Crippen LogP) is -4.78. The number of carbonyl (C=O) groups excluding carboxylic acids is 3. The molecule has 0 aliphatic carbocycles. The van der Waals surface area contributed by atoms with Gasteiger partial charge in [0.15, 0.2) is 0 Å². The van der Waals surface area contributed by atoms with Gasteiger partial charge in [-0.15, -0.1) is 0 Å². The molecule has 0 aliphatic heterocycles. The van der Waals surface area contributed by atoms with Crippen LogP contribution in [0.3, 0.4) is 0 Å². The fourth-order valence-corrected chi connectivity index (χ4v) is 2.27. The topological polar surface area (TPSA) is 381 Å². The van der Waals surface area contributed by atoms with Gasteiger partial charge in [-0.2, -0.15) is 0 Å². The number of nitrogens with one attached hydrogen (secondary N) is 1. The van der Waals surface area contributed by atoms with E-state index in [2.05, 4.69) is 9.74 Å². The minimum Gasteiger partial charge on any atom is -0.507 e. The van der Waals surface area contributed by atoms with Gasteiger partial charge in [-0.1, -0.05) is 4.42 Å². The maximum Gasteiger partial charge on any atom is 0.869 e. The molecular formula is C10H23N2O19P2+3. The van der Waals surface area contributed by atoms with Crippen molar-refractivity contribution in [3.8, 4) is 0 Å². The average molecular weight is 537 g/mol. The molecule has 13 N–H and O–H groups in total. The van der Waals surface area contributed by atoms with E-state index < -0.39 is 71.5 Å². The Morgan fingerprint density at radius 3 is 1.48 bits per heavy atom. The quantitative estimate of drug-likeness (QED) is 0.0956. The van der Waals surface area contributed by atoms with Crippen LogP contribution in [-0.2, 0) is 32.7 Å². The summed E-state index contributed by atoms with van der Waals surface area (Å²) in [4.78, 5) is 95.3. The van der Waals surface area contributed by atoms with Crippen LogP contribution in [0.1, 0.15) is 0 Å². The smallest absolute Gasteiger partial charge is 0.507 e. The summed E-state index contributed by atoms with van der Waals surface area (Å²) in [5, 5.41) is 32.5. The highest BCUT2D eigenvalue weighted by Gasteiger charge is 2.22. The molecule has 0 heterocycles. The molecule has 0 aromatic rings. The second-order valence-electron chi connectivity index (χ2n) is 4.70. The van der Waals surface area contributed by atoms with Gasteiger partial charge in [0.2, 0.25) is 4.96 Å². The van der Waals surface area contributed by atoms with E-state index in [4.69, 9.17) is 54.7 Å². The van der Waals surface area contributed by atoms with E-state index in [1.54, 1.807) is 0 Å². The predicted molar refractivity (Wildman–Crippen MR) is 99.2 cm³/mol. The molecule has 0 unspecified atom stereocenters. The Kier molecular flexibility index (Phi) is 27.2. The molecule has 0 aliphatic rings. The van der Waals surface area contributed by atoms with Gasteiger partial charge in [0.25, 0.3) is 0 Å². The van der Waals surface area contributed by atoms with Crippen molar-refractivity contribution in [2.75, 3.05) is 32.2 Å². The Morgan fingerprint density at radius 2 is 1.30 bits per heavy atom. The molecule has 194 valence electrons. The zero-order valence-electron chi connectivity index (χ0n) is 16.1. The SMILES string of the molecule is O.O=C(O)CN(CC(=O)O)CP(=O)(O)O.O=C(O)CNCP(=O)(O)O.O=C=[O+]C(=O)[OH2+].O=[OH+]. The Bertz CT molecular complexity index is 721. The van der Waals surface area contributed by atoms with Crippen molar-refractivity contribution < 1.29 is 88.0 Å². The number of carbonyl (C=O) groups is 4. The molecule has 0 aromatic carbocycles. The third kappa shape index (κ3) is 52.9.